The molecule has 3 amide bonds. The SMILES string of the molecule is CN(C)C(=O)NC(=O)c1nsc2ccccc12. The van der Waals surface area contributed by atoms with E-state index in [2.05, 4.69) is 9.69 Å². The molecule has 1 N–H and O–H groups in total. The molecule has 0 bridgehead atoms. The van der Waals surface area contributed by atoms with Crippen LogP contribution in [-0.4, -0.2) is 35.3 Å². The molecular weight excluding hydrogens is 238 g/mol. The van der Waals surface area contributed by atoms with Gasteiger partial charge in [-0.15, -0.1) is 0 Å². The predicted octanol–water partition coefficient (Wildman–Crippen LogP) is 1.71. The largest absolute Gasteiger partial charge is 0.331 e. The zero-order valence-corrected chi connectivity index (χ0v) is 10.2. The van der Waals surface area contributed by atoms with Gasteiger partial charge in [-0.3, -0.25) is 10.1 Å². The molecule has 0 aliphatic heterocycles. The monoisotopic (exact) mass is 249 g/mol. The maximum Gasteiger partial charge on any atom is 0.323 e. The molecular formula is C11H11N3O2S. The molecule has 0 unspecified atom stereocenters. The number of rotatable bonds is 1. The van der Waals surface area contributed by atoms with Crippen molar-refractivity contribution in [1.29, 1.82) is 0 Å². The van der Waals surface area contributed by atoms with Crippen LogP contribution in [0.2, 0.25) is 0 Å². The van der Waals surface area contributed by atoms with E-state index in [4.69, 9.17) is 0 Å². The maximum atomic E-state index is 11.8. The number of aromatic nitrogens is 1. The summed E-state index contributed by atoms with van der Waals surface area (Å²) in [6.45, 7) is 0. The molecule has 0 saturated heterocycles. The minimum atomic E-state index is -0.471. The molecule has 0 fully saturated rings. The van der Waals surface area contributed by atoms with Crippen molar-refractivity contribution in [2.45, 2.75) is 0 Å². The van der Waals surface area contributed by atoms with Gasteiger partial charge in [0.1, 0.15) is 5.69 Å². The first-order valence-electron chi connectivity index (χ1n) is 4.96. The Hall–Kier alpha value is -1.95. The lowest BCUT2D eigenvalue weighted by atomic mass is 10.2. The zero-order valence-electron chi connectivity index (χ0n) is 9.43. The number of carbonyl (C=O) groups is 2. The summed E-state index contributed by atoms with van der Waals surface area (Å²) in [4.78, 5) is 24.5. The Bertz CT molecular complexity index is 577. The average Bonchev–Trinajstić information content (AvgIpc) is 2.72. The number of hydrogen-bond acceptors (Lipinski definition) is 4. The summed E-state index contributed by atoms with van der Waals surface area (Å²) < 4.78 is 4.99. The molecule has 0 saturated carbocycles. The molecule has 0 aliphatic carbocycles. The van der Waals surface area contributed by atoms with Gasteiger partial charge < -0.3 is 4.90 Å². The van der Waals surface area contributed by atoms with Gasteiger partial charge in [-0.05, 0) is 17.6 Å². The Morgan fingerprint density at radius 1 is 1.29 bits per heavy atom. The number of hydrogen-bond donors (Lipinski definition) is 1. The first-order valence-corrected chi connectivity index (χ1v) is 5.74. The third kappa shape index (κ3) is 2.26. The molecule has 1 heterocycles. The quantitative estimate of drug-likeness (QED) is 0.836. The molecule has 88 valence electrons. The normalized spacial score (nSPS) is 10.2. The number of imide groups is 1. The van der Waals surface area contributed by atoms with Gasteiger partial charge in [0.25, 0.3) is 5.91 Å². The summed E-state index contributed by atoms with van der Waals surface area (Å²) >= 11 is 1.24. The van der Waals surface area contributed by atoms with E-state index in [1.807, 2.05) is 24.3 Å². The second-order valence-electron chi connectivity index (χ2n) is 3.68. The third-order valence-electron chi connectivity index (χ3n) is 2.22. The van der Waals surface area contributed by atoms with E-state index in [0.717, 1.165) is 10.1 Å². The lowest BCUT2D eigenvalue weighted by Crippen LogP contribution is -2.38. The van der Waals surface area contributed by atoms with Crippen molar-refractivity contribution >= 4 is 33.6 Å². The fraction of sp³-hybridized carbons (Fsp3) is 0.182. The van der Waals surface area contributed by atoms with Gasteiger partial charge >= 0.3 is 6.03 Å². The number of amides is 3. The lowest BCUT2D eigenvalue weighted by Gasteiger charge is -2.09. The lowest BCUT2D eigenvalue weighted by molar-refractivity contribution is 0.0954. The van der Waals surface area contributed by atoms with Crippen molar-refractivity contribution in [3.63, 3.8) is 0 Å². The number of nitrogens with zero attached hydrogens (tertiary/aromatic N) is 2. The molecule has 0 aliphatic rings. The summed E-state index contributed by atoms with van der Waals surface area (Å²) in [6.07, 6.45) is 0. The minimum Gasteiger partial charge on any atom is -0.331 e. The van der Waals surface area contributed by atoms with Crippen LogP contribution in [0, 0.1) is 0 Å². The highest BCUT2D eigenvalue weighted by Crippen LogP contribution is 2.21. The highest BCUT2D eigenvalue weighted by molar-refractivity contribution is 7.13. The van der Waals surface area contributed by atoms with Gasteiger partial charge in [-0.2, -0.15) is 4.37 Å². The van der Waals surface area contributed by atoms with Crippen LogP contribution in [0.1, 0.15) is 10.5 Å². The predicted molar refractivity (Wildman–Crippen MR) is 66.2 cm³/mol. The van der Waals surface area contributed by atoms with E-state index >= 15 is 0 Å². The molecule has 0 atom stereocenters. The first-order chi connectivity index (χ1) is 8.09. The molecule has 17 heavy (non-hydrogen) atoms. The van der Waals surface area contributed by atoms with Gasteiger partial charge in [0, 0.05) is 19.5 Å². The second kappa shape index (κ2) is 4.50. The Kier molecular flexibility index (Phi) is 3.06. The topological polar surface area (TPSA) is 62.3 Å². The fourth-order valence-electron chi connectivity index (χ4n) is 1.32. The first kappa shape index (κ1) is 11.5. The van der Waals surface area contributed by atoms with Crippen LogP contribution < -0.4 is 5.32 Å². The van der Waals surface area contributed by atoms with E-state index in [9.17, 15) is 9.59 Å². The number of nitrogens with one attached hydrogen (secondary N) is 1. The van der Waals surface area contributed by atoms with Crippen molar-refractivity contribution in [2.75, 3.05) is 14.1 Å². The standard InChI is InChI=1S/C11H11N3O2S/c1-14(2)11(16)12-10(15)9-7-5-3-4-6-8(7)17-13-9/h3-6H,1-2H3,(H,12,15,16). The number of fused-ring (bicyclic) bond motifs is 1. The fourth-order valence-corrected chi connectivity index (χ4v) is 2.09. The number of carbonyl (C=O) groups excluding carboxylic acids is 2. The van der Waals surface area contributed by atoms with Crippen molar-refractivity contribution in [3.05, 3.63) is 30.0 Å². The van der Waals surface area contributed by atoms with Crippen LogP contribution in [0.25, 0.3) is 10.1 Å². The summed E-state index contributed by atoms with van der Waals surface area (Å²) in [7, 11) is 3.14. The van der Waals surface area contributed by atoms with Crippen LogP contribution in [0.3, 0.4) is 0 Å². The Balaban J connectivity index is 2.28. The smallest absolute Gasteiger partial charge is 0.323 e. The zero-order chi connectivity index (χ0) is 12.4. The second-order valence-corrected chi connectivity index (χ2v) is 4.49. The van der Waals surface area contributed by atoms with Crippen molar-refractivity contribution < 1.29 is 9.59 Å². The van der Waals surface area contributed by atoms with Gasteiger partial charge in [-0.1, -0.05) is 18.2 Å². The molecule has 2 rings (SSSR count). The highest BCUT2D eigenvalue weighted by Gasteiger charge is 2.17. The molecule has 0 spiro atoms. The molecule has 0 radical (unpaired) electrons. The molecule has 1 aromatic carbocycles. The van der Waals surface area contributed by atoms with Crippen LogP contribution >= 0.6 is 11.5 Å². The van der Waals surface area contributed by atoms with Crippen molar-refractivity contribution in [2.24, 2.45) is 0 Å². The minimum absolute atomic E-state index is 0.292. The number of benzene rings is 1. The molecule has 1 aromatic heterocycles. The average molecular weight is 249 g/mol. The van der Waals surface area contributed by atoms with Gasteiger partial charge in [-0.25, -0.2) is 4.79 Å². The Morgan fingerprint density at radius 3 is 2.71 bits per heavy atom. The van der Waals surface area contributed by atoms with Gasteiger partial charge in [0.2, 0.25) is 0 Å². The van der Waals surface area contributed by atoms with E-state index in [1.54, 1.807) is 14.1 Å². The molecule has 6 heteroatoms. The van der Waals surface area contributed by atoms with E-state index < -0.39 is 11.9 Å². The van der Waals surface area contributed by atoms with E-state index in [0.29, 0.717) is 5.69 Å². The Morgan fingerprint density at radius 2 is 2.00 bits per heavy atom. The van der Waals surface area contributed by atoms with Gasteiger partial charge in [0.15, 0.2) is 0 Å². The van der Waals surface area contributed by atoms with Gasteiger partial charge in [0.05, 0.1) is 4.70 Å². The van der Waals surface area contributed by atoms with Crippen LogP contribution in [-0.2, 0) is 0 Å². The summed E-state index contributed by atoms with van der Waals surface area (Å²) in [5.41, 5.74) is 0.292. The van der Waals surface area contributed by atoms with Crippen LogP contribution in [0.5, 0.6) is 0 Å². The maximum absolute atomic E-state index is 11.8. The molecule has 2 aromatic rings. The summed E-state index contributed by atoms with van der Waals surface area (Å²) in [6, 6.07) is 6.96. The van der Waals surface area contributed by atoms with Crippen molar-refractivity contribution in [1.82, 2.24) is 14.6 Å². The van der Waals surface area contributed by atoms with Crippen LogP contribution in [0.4, 0.5) is 4.79 Å². The highest BCUT2D eigenvalue weighted by atomic mass is 32.1. The van der Waals surface area contributed by atoms with E-state index in [1.165, 1.54) is 16.4 Å². The van der Waals surface area contributed by atoms with Crippen LogP contribution in [0.15, 0.2) is 24.3 Å². The van der Waals surface area contributed by atoms with Crippen molar-refractivity contribution in [3.8, 4) is 0 Å². The van der Waals surface area contributed by atoms with E-state index in [-0.39, 0.29) is 0 Å². The summed E-state index contributed by atoms with van der Waals surface area (Å²) in [5.74, 6) is -0.471. The summed E-state index contributed by atoms with van der Waals surface area (Å²) in [5, 5.41) is 3.03. The number of urea groups is 1. The third-order valence-corrected chi connectivity index (χ3v) is 3.05. The Labute approximate surface area is 102 Å². The molecule has 5 nitrogen and oxygen atoms in total.